The number of methoxy groups -OCH3 is 1. The molecule has 2 aromatic carbocycles. The predicted molar refractivity (Wildman–Crippen MR) is 109 cm³/mol. The molecule has 2 bridgehead atoms. The van der Waals surface area contributed by atoms with E-state index in [0.29, 0.717) is 5.56 Å². The van der Waals surface area contributed by atoms with E-state index in [2.05, 4.69) is 29.2 Å². The van der Waals surface area contributed by atoms with Gasteiger partial charge in [0.25, 0.3) is 0 Å². The largest absolute Gasteiger partial charge is 0.497 e. The van der Waals surface area contributed by atoms with E-state index in [-0.39, 0.29) is 12.4 Å². The van der Waals surface area contributed by atoms with E-state index in [4.69, 9.17) is 9.47 Å². The molecule has 28 heavy (non-hydrogen) atoms. The van der Waals surface area contributed by atoms with Crippen LogP contribution in [0, 0.1) is 23.7 Å². The van der Waals surface area contributed by atoms with Gasteiger partial charge in [0.2, 0.25) is 0 Å². The van der Waals surface area contributed by atoms with Crippen LogP contribution in [0.15, 0.2) is 60.7 Å². The Kier molecular flexibility index (Phi) is 4.34. The minimum Gasteiger partial charge on any atom is -0.497 e. The zero-order valence-electron chi connectivity index (χ0n) is 16.1. The number of hydrogen-bond donors (Lipinski definition) is 0. The number of benzene rings is 2. The van der Waals surface area contributed by atoms with Crippen LogP contribution >= 0.6 is 0 Å². The van der Waals surface area contributed by atoms with Crippen molar-refractivity contribution in [2.24, 2.45) is 23.7 Å². The van der Waals surface area contributed by atoms with Crippen molar-refractivity contribution < 1.29 is 14.3 Å². The molecule has 0 spiro atoms. The molecule has 5 rings (SSSR count). The second kappa shape index (κ2) is 7.01. The molecule has 4 heteroatoms. The zero-order chi connectivity index (χ0) is 19.1. The number of rotatable bonds is 6. The summed E-state index contributed by atoms with van der Waals surface area (Å²) in [6.45, 7) is 2.35. The molecule has 1 aliphatic heterocycles. The first-order chi connectivity index (χ1) is 13.7. The Balaban J connectivity index is 1.17. The second-order valence-corrected chi connectivity index (χ2v) is 8.12. The van der Waals surface area contributed by atoms with E-state index in [1.807, 2.05) is 12.1 Å². The summed E-state index contributed by atoms with van der Waals surface area (Å²) in [6.07, 6.45) is 6.25. The third-order valence-corrected chi connectivity index (χ3v) is 6.65. The number of allylic oxidation sites excluding steroid dienone is 2. The summed E-state index contributed by atoms with van der Waals surface area (Å²) in [5, 5.41) is 0. The Hall–Kier alpha value is -2.75. The first-order valence-electron chi connectivity index (χ1n) is 10.0. The Morgan fingerprint density at radius 3 is 2.14 bits per heavy atom. The molecule has 144 valence electrons. The van der Waals surface area contributed by atoms with Crippen molar-refractivity contribution >= 4 is 11.5 Å². The van der Waals surface area contributed by atoms with Crippen LogP contribution in [-0.2, 0) is 0 Å². The van der Waals surface area contributed by atoms with Gasteiger partial charge in [-0.2, -0.15) is 0 Å². The van der Waals surface area contributed by atoms with Crippen LogP contribution in [0.2, 0.25) is 0 Å². The first-order valence-corrected chi connectivity index (χ1v) is 10.0. The number of carbonyl (C=O) groups excluding carboxylic acids is 1. The molecule has 0 amide bonds. The van der Waals surface area contributed by atoms with Crippen LogP contribution < -0.4 is 14.4 Å². The number of hydrogen-bond acceptors (Lipinski definition) is 4. The molecule has 4 nitrogen and oxygen atoms in total. The van der Waals surface area contributed by atoms with Gasteiger partial charge in [0.05, 0.1) is 7.11 Å². The molecule has 1 saturated heterocycles. The quantitative estimate of drug-likeness (QED) is 0.560. The Labute approximate surface area is 165 Å². The third kappa shape index (κ3) is 3.07. The van der Waals surface area contributed by atoms with Crippen molar-refractivity contribution in [3.8, 4) is 11.5 Å². The summed E-state index contributed by atoms with van der Waals surface area (Å²) in [5.74, 6) is 4.68. The topological polar surface area (TPSA) is 38.8 Å². The minimum atomic E-state index is -0.0397. The standard InChI is InChI=1S/C24H25NO3/c1-27-20-8-4-16(5-9-20)24(26)15-28-21-10-6-19(7-11-21)25-13-22-17-2-3-18(12-17)23(22)14-25/h2-11,17-18,22-23H,12-15H2,1H3/t17-,18+,22-,23+. The molecule has 4 atom stereocenters. The minimum absolute atomic E-state index is 0.0363. The second-order valence-electron chi connectivity index (χ2n) is 8.12. The highest BCUT2D eigenvalue weighted by Gasteiger charge is 2.49. The summed E-state index contributed by atoms with van der Waals surface area (Å²) in [5.41, 5.74) is 1.88. The molecule has 0 N–H and O–H groups in total. The molecule has 0 unspecified atom stereocenters. The number of nitrogens with zero attached hydrogens (tertiary/aromatic N) is 1. The van der Waals surface area contributed by atoms with Crippen molar-refractivity contribution in [1.82, 2.24) is 0 Å². The zero-order valence-corrected chi connectivity index (χ0v) is 16.1. The molecule has 0 aromatic heterocycles. The van der Waals surface area contributed by atoms with Gasteiger partial charge in [0.15, 0.2) is 12.4 Å². The van der Waals surface area contributed by atoms with Crippen LogP contribution in [0.3, 0.4) is 0 Å². The summed E-state index contributed by atoms with van der Waals surface area (Å²) in [6, 6.07) is 15.3. The van der Waals surface area contributed by atoms with E-state index in [1.165, 1.54) is 12.1 Å². The van der Waals surface area contributed by atoms with E-state index >= 15 is 0 Å². The Bertz CT molecular complexity index is 867. The Morgan fingerprint density at radius 1 is 0.929 bits per heavy atom. The van der Waals surface area contributed by atoms with Gasteiger partial charge in [0, 0.05) is 24.3 Å². The van der Waals surface area contributed by atoms with Crippen LogP contribution in [-0.4, -0.2) is 32.6 Å². The van der Waals surface area contributed by atoms with Crippen molar-refractivity contribution in [3.05, 3.63) is 66.2 Å². The Morgan fingerprint density at radius 2 is 1.54 bits per heavy atom. The summed E-state index contributed by atoms with van der Waals surface area (Å²) < 4.78 is 10.8. The molecule has 2 aromatic rings. The number of Topliss-reactive ketones (excluding diaryl/α,β-unsaturated/α-hetero) is 1. The van der Waals surface area contributed by atoms with Crippen molar-refractivity contribution in [3.63, 3.8) is 0 Å². The normalized spacial score (nSPS) is 27.1. The van der Waals surface area contributed by atoms with Gasteiger partial charge in [-0.05, 0) is 78.6 Å². The maximum atomic E-state index is 12.3. The van der Waals surface area contributed by atoms with E-state index in [9.17, 15) is 4.79 Å². The molecule has 2 fully saturated rings. The average molecular weight is 375 g/mol. The van der Waals surface area contributed by atoms with Crippen molar-refractivity contribution in [1.29, 1.82) is 0 Å². The molecule has 1 saturated carbocycles. The van der Waals surface area contributed by atoms with E-state index in [0.717, 1.165) is 48.3 Å². The molecule has 1 heterocycles. The number of carbonyl (C=O) groups is 1. The van der Waals surface area contributed by atoms with E-state index in [1.54, 1.807) is 31.4 Å². The summed E-state index contributed by atoms with van der Waals surface area (Å²) in [7, 11) is 1.61. The van der Waals surface area contributed by atoms with Gasteiger partial charge < -0.3 is 14.4 Å². The average Bonchev–Trinajstić information content (AvgIpc) is 3.46. The van der Waals surface area contributed by atoms with Gasteiger partial charge in [-0.1, -0.05) is 12.2 Å². The number of ether oxygens (including phenoxy) is 2. The first kappa shape index (κ1) is 17.4. The van der Waals surface area contributed by atoms with E-state index < -0.39 is 0 Å². The number of ketones is 1. The van der Waals surface area contributed by atoms with Crippen LogP contribution in [0.4, 0.5) is 5.69 Å². The lowest BCUT2D eigenvalue weighted by molar-refractivity contribution is 0.0921. The SMILES string of the molecule is COc1ccc(C(=O)COc2ccc(N3C[C@@H]4[C@H](C3)[C@@H]3C=C[C@H]4C3)cc2)cc1. The number of fused-ring (bicyclic) bond motifs is 5. The molecular weight excluding hydrogens is 350 g/mol. The molecular formula is C24H25NO3. The lowest BCUT2D eigenvalue weighted by Crippen LogP contribution is -2.22. The number of anilines is 1. The fourth-order valence-electron chi connectivity index (χ4n) is 5.13. The smallest absolute Gasteiger partial charge is 0.200 e. The summed E-state index contributed by atoms with van der Waals surface area (Å²) >= 11 is 0. The van der Waals surface area contributed by atoms with Gasteiger partial charge in [-0.15, -0.1) is 0 Å². The highest BCUT2D eigenvalue weighted by molar-refractivity contribution is 5.97. The fourth-order valence-corrected chi connectivity index (χ4v) is 5.13. The third-order valence-electron chi connectivity index (χ3n) is 6.65. The lowest BCUT2D eigenvalue weighted by atomic mass is 9.86. The van der Waals surface area contributed by atoms with Gasteiger partial charge >= 0.3 is 0 Å². The van der Waals surface area contributed by atoms with Crippen LogP contribution in [0.5, 0.6) is 11.5 Å². The highest BCUT2D eigenvalue weighted by Crippen LogP contribution is 2.51. The van der Waals surface area contributed by atoms with Gasteiger partial charge in [-0.3, -0.25) is 4.79 Å². The van der Waals surface area contributed by atoms with Crippen LogP contribution in [0.25, 0.3) is 0 Å². The predicted octanol–water partition coefficient (Wildman–Crippen LogP) is 4.22. The van der Waals surface area contributed by atoms with Crippen molar-refractivity contribution in [2.75, 3.05) is 31.7 Å². The summed E-state index contributed by atoms with van der Waals surface area (Å²) in [4.78, 5) is 14.8. The maximum absolute atomic E-state index is 12.3. The van der Waals surface area contributed by atoms with Crippen molar-refractivity contribution in [2.45, 2.75) is 6.42 Å². The molecule has 3 aliphatic rings. The molecule has 2 aliphatic carbocycles. The monoisotopic (exact) mass is 375 g/mol. The highest BCUT2D eigenvalue weighted by atomic mass is 16.5. The van der Waals surface area contributed by atoms with Gasteiger partial charge in [-0.25, -0.2) is 0 Å². The fraction of sp³-hybridized carbons (Fsp3) is 0.375. The molecule has 0 radical (unpaired) electrons. The lowest BCUT2D eigenvalue weighted by Gasteiger charge is -2.21. The maximum Gasteiger partial charge on any atom is 0.200 e. The van der Waals surface area contributed by atoms with Gasteiger partial charge in [0.1, 0.15) is 11.5 Å². The van der Waals surface area contributed by atoms with Crippen LogP contribution in [0.1, 0.15) is 16.8 Å².